The van der Waals surface area contributed by atoms with E-state index in [4.69, 9.17) is 56.4 Å². The van der Waals surface area contributed by atoms with Crippen LogP contribution < -0.4 is 0 Å². The van der Waals surface area contributed by atoms with Crippen LogP contribution in [0.5, 0.6) is 5.75 Å². The Bertz CT molecular complexity index is 1580. The molecule has 0 bridgehead atoms. The molecule has 0 unspecified atom stereocenters. The average molecular weight is 1040 g/mol. The summed E-state index contributed by atoms with van der Waals surface area (Å²) in [6.45, 7) is 4.44. The van der Waals surface area contributed by atoms with Gasteiger partial charge in [-0.25, -0.2) is 4.79 Å². The van der Waals surface area contributed by atoms with Crippen molar-refractivity contribution in [3.63, 3.8) is 0 Å². The van der Waals surface area contributed by atoms with Crippen LogP contribution in [0.1, 0.15) is 217 Å². The van der Waals surface area contributed by atoms with Crippen molar-refractivity contribution in [2.24, 2.45) is 0 Å². The molecule has 0 heterocycles. The molecular formula is C56H90Cl2O13. The molecule has 1 atom stereocenters. The maximum atomic E-state index is 12.8. The molecule has 1 rings (SSSR count). The van der Waals surface area contributed by atoms with E-state index in [1.807, 2.05) is 0 Å². The minimum absolute atomic E-state index is 0.0370. The summed E-state index contributed by atoms with van der Waals surface area (Å²) in [5.74, 6) is -3.14. The first-order chi connectivity index (χ1) is 34.6. The molecule has 0 fully saturated rings. The van der Waals surface area contributed by atoms with Gasteiger partial charge in [0.1, 0.15) is 26.4 Å². The van der Waals surface area contributed by atoms with E-state index in [0.29, 0.717) is 12.8 Å². The summed E-state index contributed by atoms with van der Waals surface area (Å²) in [6.07, 6.45) is 38.2. The quantitative estimate of drug-likeness (QED) is 0.0283. The first-order valence-corrected chi connectivity index (χ1v) is 27.8. The fraction of sp³-hybridized carbons (Fsp3) is 0.732. The van der Waals surface area contributed by atoms with E-state index in [0.717, 1.165) is 77.0 Å². The molecule has 0 amide bonds. The number of halogens is 2. The second-order valence-electron chi connectivity index (χ2n) is 18.0. The van der Waals surface area contributed by atoms with Crippen LogP contribution in [0, 0.1) is 0 Å². The van der Waals surface area contributed by atoms with Crippen molar-refractivity contribution in [1.82, 2.24) is 0 Å². The number of allylic oxidation sites excluding steroid dienone is 4. The molecular weight excluding hydrogens is 952 g/mol. The van der Waals surface area contributed by atoms with E-state index < -0.39 is 36.0 Å². The zero-order valence-electron chi connectivity index (χ0n) is 43.5. The van der Waals surface area contributed by atoms with Gasteiger partial charge in [-0.1, -0.05) is 164 Å². The predicted molar refractivity (Wildman–Crippen MR) is 281 cm³/mol. The highest BCUT2D eigenvalue weighted by atomic mass is 35.5. The van der Waals surface area contributed by atoms with Gasteiger partial charge in [-0.2, -0.15) is 0 Å². The van der Waals surface area contributed by atoms with Crippen LogP contribution in [0.4, 0.5) is 0 Å². The summed E-state index contributed by atoms with van der Waals surface area (Å²) in [4.78, 5) is 62.4. The Morgan fingerprint density at radius 1 is 0.451 bits per heavy atom. The number of phenolic OH excluding ortho intramolecular Hbond substituents is 1. The molecule has 0 aliphatic rings. The molecule has 1 aromatic carbocycles. The third-order valence-electron chi connectivity index (χ3n) is 11.6. The predicted octanol–water partition coefficient (Wildman–Crippen LogP) is 14.3. The van der Waals surface area contributed by atoms with Crippen molar-refractivity contribution >= 4 is 53.0 Å². The summed E-state index contributed by atoms with van der Waals surface area (Å²) in [5.41, 5.74) is 0.0900. The van der Waals surface area contributed by atoms with Gasteiger partial charge in [-0.15, -0.1) is 0 Å². The second-order valence-corrected chi connectivity index (χ2v) is 18.8. The minimum atomic E-state index is -0.972. The minimum Gasteiger partial charge on any atom is -0.505 e. The van der Waals surface area contributed by atoms with E-state index in [1.54, 1.807) is 0 Å². The molecule has 1 N–H and O–H groups in total. The molecule has 13 nitrogen and oxygen atoms in total. The van der Waals surface area contributed by atoms with E-state index in [-0.39, 0.29) is 99.9 Å². The van der Waals surface area contributed by atoms with Crippen molar-refractivity contribution < 1.29 is 62.2 Å². The van der Waals surface area contributed by atoms with Crippen LogP contribution in [0.15, 0.2) is 36.4 Å². The Kier molecular flexibility index (Phi) is 43.6. The van der Waals surface area contributed by atoms with Crippen LogP contribution >= 0.6 is 23.2 Å². The highest BCUT2D eigenvalue weighted by Gasteiger charge is 2.20. The van der Waals surface area contributed by atoms with Crippen molar-refractivity contribution in [3.8, 4) is 5.75 Å². The molecule has 0 saturated heterocycles. The molecule has 1 aromatic rings. The molecule has 0 spiro atoms. The number of carbonyl (C=O) groups is 5. The monoisotopic (exact) mass is 1040 g/mol. The van der Waals surface area contributed by atoms with Gasteiger partial charge in [0, 0.05) is 12.8 Å². The smallest absolute Gasteiger partial charge is 0.338 e. The first kappa shape index (κ1) is 65.4. The van der Waals surface area contributed by atoms with Crippen LogP contribution in [-0.2, 0) is 52.3 Å². The van der Waals surface area contributed by atoms with Crippen molar-refractivity contribution in [3.05, 3.63) is 52.0 Å². The largest absolute Gasteiger partial charge is 0.505 e. The van der Waals surface area contributed by atoms with Gasteiger partial charge in [0.2, 0.25) is 0 Å². The lowest BCUT2D eigenvalue weighted by Gasteiger charge is -2.18. The molecule has 0 aromatic heterocycles. The lowest BCUT2D eigenvalue weighted by molar-refractivity contribution is -0.167. The lowest BCUT2D eigenvalue weighted by Crippen LogP contribution is -2.31. The Labute approximate surface area is 436 Å². The second kappa shape index (κ2) is 47.4. The van der Waals surface area contributed by atoms with E-state index in [1.165, 1.54) is 89.2 Å². The van der Waals surface area contributed by atoms with Crippen molar-refractivity contribution in [2.45, 2.75) is 213 Å². The van der Waals surface area contributed by atoms with E-state index in [9.17, 15) is 29.1 Å². The zero-order chi connectivity index (χ0) is 51.8. The first-order valence-electron chi connectivity index (χ1n) is 27.0. The Hall–Kier alpha value is -3.65. The van der Waals surface area contributed by atoms with Gasteiger partial charge < -0.3 is 38.3 Å². The fourth-order valence-electron chi connectivity index (χ4n) is 7.33. The molecule has 15 heteroatoms. The van der Waals surface area contributed by atoms with Gasteiger partial charge in [-0.05, 0) is 76.3 Å². The fourth-order valence-corrected chi connectivity index (χ4v) is 7.82. The van der Waals surface area contributed by atoms with Crippen molar-refractivity contribution in [1.29, 1.82) is 0 Å². The number of ether oxygens (including phenoxy) is 7. The number of aromatic hydroxyl groups is 1. The third-order valence-corrected chi connectivity index (χ3v) is 12.1. The number of phenols is 1. The van der Waals surface area contributed by atoms with Crippen molar-refractivity contribution in [2.75, 3.05) is 52.9 Å². The maximum absolute atomic E-state index is 12.8. The normalized spacial score (nSPS) is 11.8. The lowest BCUT2D eigenvalue weighted by atomic mass is 10.1. The molecule has 71 heavy (non-hydrogen) atoms. The number of esters is 5. The number of hydrogen-bond donors (Lipinski definition) is 1. The van der Waals surface area contributed by atoms with E-state index in [2.05, 4.69) is 38.2 Å². The molecule has 0 radical (unpaired) electrons. The van der Waals surface area contributed by atoms with Crippen LogP contribution in [0.2, 0.25) is 10.0 Å². The van der Waals surface area contributed by atoms with Gasteiger partial charge in [0.05, 0.1) is 54.9 Å². The highest BCUT2D eigenvalue weighted by Crippen LogP contribution is 2.33. The number of unbranched alkanes of at least 4 members (excludes halogenated alkanes) is 22. The van der Waals surface area contributed by atoms with Gasteiger partial charge in [0.15, 0.2) is 11.9 Å². The summed E-state index contributed by atoms with van der Waals surface area (Å²) < 4.78 is 37.4. The summed E-state index contributed by atoms with van der Waals surface area (Å²) in [6, 6.07) is 2.50. The number of benzene rings is 1. The molecule has 0 aliphatic carbocycles. The van der Waals surface area contributed by atoms with Gasteiger partial charge >= 0.3 is 29.8 Å². The third kappa shape index (κ3) is 40.5. The molecule has 406 valence electrons. The molecule has 0 saturated carbocycles. The Morgan fingerprint density at radius 3 is 1.25 bits per heavy atom. The highest BCUT2D eigenvalue weighted by molar-refractivity contribution is 6.37. The summed E-state index contributed by atoms with van der Waals surface area (Å²) in [7, 11) is 0. The van der Waals surface area contributed by atoms with Crippen LogP contribution in [0.3, 0.4) is 0 Å². The topological polar surface area (TPSA) is 170 Å². The van der Waals surface area contributed by atoms with Gasteiger partial charge in [-0.3, -0.25) is 19.2 Å². The SMILES string of the molecule is CCCCCCCC/C=C\CCCCCCCC(=O)OC[C@H](COC(=O)CCC(=O)OCCOCCOCCOC(=O)c1cc(Cl)c(O)c(Cl)c1)OC(=O)CCCCCCC/C=C\CCCCCCCC. The Morgan fingerprint density at radius 2 is 0.803 bits per heavy atom. The number of hydrogen-bond acceptors (Lipinski definition) is 13. The van der Waals surface area contributed by atoms with Crippen LogP contribution in [-0.4, -0.2) is 93.9 Å². The zero-order valence-corrected chi connectivity index (χ0v) is 45.0. The average Bonchev–Trinajstić information content (AvgIpc) is 3.35. The maximum Gasteiger partial charge on any atom is 0.338 e. The van der Waals surface area contributed by atoms with Gasteiger partial charge in [0.25, 0.3) is 0 Å². The standard InChI is InChI=1S/C56H90Cl2O13/c1-3-5-7-9-11-13-15-17-19-21-23-25-27-29-31-33-51(59)69-45-48(71-54(62)34-32-30-28-26-24-22-20-18-16-14-12-10-8-6-4-2)46-70-53(61)36-35-52(60)67-41-39-65-37-38-66-40-42-68-56(64)47-43-49(57)55(63)50(58)44-47/h17-20,43-44,48,63H,3-16,21-42,45-46H2,1-2H3/b19-17-,20-18-/t48-/m1/s1. The summed E-state index contributed by atoms with van der Waals surface area (Å²) >= 11 is 11.7. The number of rotatable bonds is 48. The number of carbonyl (C=O) groups excluding carboxylic acids is 5. The Balaban J connectivity index is 2.34. The van der Waals surface area contributed by atoms with E-state index >= 15 is 0 Å². The van der Waals surface area contributed by atoms with Crippen LogP contribution in [0.25, 0.3) is 0 Å². The summed E-state index contributed by atoms with van der Waals surface area (Å²) in [5, 5.41) is 9.49. The molecule has 0 aliphatic heterocycles.